The Morgan fingerprint density at radius 1 is 1.24 bits per heavy atom. The highest BCUT2D eigenvalue weighted by Crippen LogP contribution is 2.37. The van der Waals surface area contributed by atoms with Gasteiger partial charge in [-0.2, -0.15) is 0 Å². The van der Waals surface area contributed by atoms with Crippen molar-refractivity contribution in [1.29, 1.82) is 0 Å². The maximum Gasteiger partial charge on any atom is 0.231 e. The van der Waals surface area contributed by atoms with Crippen molar-refractivity contribution in [2.45, 2.75) is 18.9 Å². The molecule has 0 aromatic heterocycles. The summed E-state index contributed by atoms with van der Waals surface area (Å²) in [6, 6.07) is 9.61. The fourth-order valence-electron chi connectivity index (χ4n) is 2.49. The fraction of sp³-hybridized carbons (Fsp3) is 0.188. The molecule has 0 aliphatic carbocycles. The van der Waals surface area contributed by atoms with Crippen LogP contribution in [-0.4, -0.2) is 11.0 Å². The summed E-state index contributed by atoms with van der Waals surface area (Å²) in [7, 11) is 0. The van der Waals surface area contributed by atoms with E-state index in [4.69, 9.17) is 11.6 Å². The molecule has 2 unspecified atom stereocenters. The molecule has 0 radical (unpaired) electrons. The largest absolute Gasteiger partial charge is 0.384 e. The number of amides is 1. The third-order valence-corrected chi connectivity index (χ3v) is 4.00. The lowest BCUT2D eigenvalue weighted by Crippen LogP contribution is -2.08. The van der Waals surface area contributed by atoms with Crippen LogP contribution >= 0.6 is 11.6 Å². The molecule has 2 aromatic carbocycles. The number of hydrogen-bond acceptors (Lipinski definition) is 2. The van der Waals surface area contributed by atoms with Gasteiger partial charge in [0, 0.05) is 5.02 Å². The first kappa shape index (κ1) is 14.0. The summed E-state index contributed by atoms with van der Waals surface area (Å²) in [6.45, 7) is 1.71. The van der Waals surface area contributed by atoms with E-state index < -0.39 is 17.8 Å². The molecule has 1 aliphatic rings. The van der Waals surface area contributed by atoms with E-state index in [1.54, 1.807) is 37.3 Å². The highest BCUT2D eigenvalue weighted by molar-refractivity contribution is 6.30. The molecule has 0 fully saturated rings. The van der Waals surface area contributed by atoms with Gasteiger partial charge in [-0.05, 0) is 47.9 Å². The normalized spacial score (nSPS) is 18.3. The highest BCUT2D eigenvalue weighted by Gasteiger charge is 2.30. The van der Waals surface area contributed by atoms with E-state index in [-0.39, 0.29) is 11.6 Å². The van der Waals surface area contributed by atoms with Gasteiger partial charge in [-0.25, -0.2) is 4.39 Å². The summed E-state index contributed by atoms with van der Waals surface area (Å²) >= 11 is 5.81. The number of carbonyl (C=O) groups is 1. The van der Waals surface area contributed by atoms with E-state index >= 15 is 0 Å². The van der Waals surface area contributed by atoms with E-state index in [1.165, 1.54) is 6.07 Å². The standard InChI is InChI=1S/C16H13ClFNO2/c1-8-12-6-10(7-13(18)14(12)19-16(8)21)15(20)9-2-4-11(17)5-3-9/h2-8,15,20H,1H3,(H,19,21). The predicted octanol–water partition coefficient (Wildman–Crippen LogP) is 3.62. The SMILES string of the molecule is CC1C(=O)Nc2c(F)cc(C(O)c3ccc(Cl)cc3)cc21. The van der Waals surface area contributed by atoms with Crippen molar-refractivity contribution >= 4 is 23.2 Å². The van der Waals surface area contributed by atoms with Gasteiger partial charge in [0.2, 0.25) is 5.91 Å². The number of carbonyl (C=O) groups excluding carboxylic acids is 1. The Balaban J connectivity index is 2.02. The van der Waals surface area contributed by atoms with E-state index in [0.29, 0.717) is 21.7 Å². The van der Waals surface area contributed by atoms with Crippen LogP contribution in [-0.2, 0) is 4.79 Å². The number of rotatable bonds is 2. The Morgan fingerprint density at radius 2 is 1.90 bits per heavy atom. The third-order valence-electron chi connectivity index (χ3n) is 3.75. The van der Waals surface area contributed by atoms with Gasteiger partial charge in [0.05, 0.1) is 11.6 Å². The molecule has 0 saturated carbocycles. The van der Waals surface area contributed by atoms with Crippen LogP contribution < -0.4 is 5.32 Å². The van der Waals surface area contributed by atoms with Crippen LogP contribution in [0.3, 0.4) is 0 Å². The number of nitrogens with one attached hydrogen (secondary N) is 1. The van der Waals surface area contributed by atoms with Crippen LogP contribution in [0, 0.1) is 5.82 Å². The van der Waals surface area contributed by atoms with Gasteiger partial charge in [0.25, 0.3) is 0 Å². The van der Waals surface area contributed by atoms with Gasteiger partial charge in [-0.1, -0.05) is 23.7 Å². The zero-order valence-corrected chi connectivity index (χ0v) is 12.0. The molecule has 3 rings (SSSR count). The molecule has 1 heterocycles. The molecule has 108 valence electrons. The third kappa shape index (κ3) is 2.41. The van der Waals surface area contributed by atoms with Gasteiger partial charge in [0.1, 0.15) is 11.9 Å². The average Bonchev–Trinajstić information content (AvgIpc) is 2.76. The summed E-state index contributed by atoms with van der Waals surface area (Å²) in [4.78, 5) is 11.6. The minimum atomic E-state index is -0.968. The number of aliphatic hydroxyl groups excluding tert-OH is 1. The Morgan fingerprint density at radius 3 is 2.57 bits per heavy atom. The maximum atomic E-state index is 14.1. The van der Waals surface area contributed by atoms with Crippen molar-refractivity contribution in [2.24, 2.45) is 0 Å². The Hall–Kier alpha value is -1.91. The molecule has 2 aromatic rings. The summed E-state index contributed by atoms with van der Waals surface area (Å²) in [6.07, 6.45) is -0.968. The number of benzene rings is 2. The van der Waals surface area contributed by atoms with Crippen LogP contribution in [0.4, 0.5) is 10.1 Å². The van der Waals surface area contributed by atoms with Gasteiger partial charge >= 0.3 is 0 Å². The van der Waals surface area contributed by atoms with Crippen molar-refractivity contribution in [2.75, 3.05) is 5.32 Å². The summed E-state index contributed by atoms with van der Waals surface area (Å²) < 4.78 is 14.1. The molecule has 21 heavy (non-hydrogen) atoms. The lowest BCUT2D eigenvalue weighted by atomic mass is 9.95. The zero-order valence-electron chi connectivity index (χ0n) is 11.2. The molecule has 0 saturated heterocycles. The van der Waals surface area contributed by atoms with E-state index in [0.717, 1.165) is 0 Å². The first-order chi connectivity index (χ1) is 9.97. The second-order valence-electron chi connectivity index (χ2n) is 5.13. The molecule has 0 bridgehead atoms. The summed E-state index contributed by atoms with van der Waals surface area (Å²) in [5.74, 6) is -1.19. The number of hydrogen-bond donors (Lipinski definition) is 2. The van der Waals surface area contributed by atoms with Crippen LogP contribution in [0.15, 0.2) is 36.4 Å². The quantitative estimate of drug-likeness (QED) is 0.890. The molecule has 5 heteroatoms. The first-order valence-electron chi connectivity index (χ1n) is 6.55. The van der Waals surface area contributed by atoms with E-state index in [1.807, 2.05) is 0 Å². The van der Waals surface area contributed by atoms with Gasteiger partial charge in [-0.15, -0.1) is 0 Å². The Labute approximate surface area is 126 Å². The molecule has 1 amide bonds. The monoisotopic (exact) mass is 305 g/mol. The van der Waals surface area contributed by atoms with Crippen LogP contribution in [0.5, 0.6) is 0 Å². The van der Waals surface area contributed by atoms with E-state index in [9.17, 15) is 14.3 Å². The number of halogens is 2. The molecule has 2 N–H and O–H groups in total. The number of anilines is 1. The predicted molar refractivity (Wildman–Crippen MR) is 79.0 cm³/mol. The summed E-state index contributed by atoms with van der Waals surface area (Å²) in [5, 5.41) is 13.5. The van der Waals surface area contributed by atoms with Crippen LogP contribution in [0.1, 0.15) is 35.6 Å². The smallest absolute Gasteiger partial charge is 0.231 e. The summed E-state index contributed by atoms with van der Waals surface area (Å²) in [5.41, 5.74) is 1.81. The van der Waals surface area contributed by atoms with Crippen molar-refractivity contribution in [3.05, 3.63) is 63.9 Å². The highest BCUT2D eigenvalue weighted by atomic mass is 35.5. The molecule has 3 nitrogen and oxygen atoms in total. The van der Waals surface area contributed by atoms with Gasteiger partial charge in [-0.3, -0.25) is 4.79 Å². The molecular formula is C16H13ClFNO2. The fourth-order valence-corrected chi connectivity index (χ4v) is 2.62. The van der Waals surface area contributed by atoms with Crippen molar-refractivity contribution < 1.29 is 14.3 Å². The van der Waals surface area contributed by atoms with Gasteiger partial charge < -0.3 is 10.4 Å². The zero-order chi connectivity index (χ0) is 15.1. The van der Waals surface area contributed by atoms with Crippen molar-refractivity contribution in [3.8, 4) is 0 Å². The molecular weight excluding hydrogens is 293 g/mol. The van der Waals surface area contributed by atoms with Gasteiger partial charge in [0.15, 0.2) is 0 Å². The van der Waals surface area contributed by atoms with E-state index in [2.05, 4.69) is 5.32 Å². The van der Waals surface area contributed by atoms with Crippen LogP contribution in [0.25, 0.3) is 0 Å². The van der Waals surface area contributed by atoms with Crippen molar-refractivity contribution in [3.63, 3.8) is 0 Å². The second-order valence-corrected chi connectivity index (χ2v) is 5.57. The average molecular weight is 306 g/mol. The topological polar surface area (TPSA) is 49.3 Å². The van der Waals surface area contributed by atoms with Crippen LogP contribution in [0.2, 0.25) is 5.02 Å². The molecule has 2 atom stereocenters. The maximum absolute atomic E-state index is 14.1. The molecule has 0 spiro atoms. The minimum absolute atomic E-state index is 0.208. The Kier molecular flexibility index (Phi) is 3.43. The Bertz CT molecular complexity index is 715. The lowest BCUT2D eigenvalue weighted by molar-refractivity contribution is -0.116. The van der Waals surface area contributed by atoms with Crippen molar-refractivity contribution in [1.82, 2.24) is 0 Å². The first-order valence-corrected chi connectivity index (χ1v) is 6.93. The number of fused-ring (bicyclic) bond motifs is 1. The number of aliphatic hydroxyl groups is 1. The minimum Gasteiger partial charge on any atom is -0.384 e. The lowest BCUT2D eigenvalue weighted by Gasteiger charge is -2.14. The molecule has 1 aliphatic heterocycles. The second kappa shape index (κ2) is 5.13.